The van der Waals surface area contributed by atoms with Crippen LogP contribution < -0.4 is 15.6 Å². The summed E-state index contributed by atoms with van der Waals surface area (Å²) < 4.78 is 0. The van der Waals surface area contributed by atoms with Crippen LogP contribution in [0.1, 0.15) is 0 Å². The van der Waals surface area contributed by atoms with Gasteiger partial charge in [-0.3, -0.25) is 0 Å². The summed E-state index contributed by atoms with van der Waals surface area (Å²) in [6.07, 6.45) is 0. The van der Waals surface area contributed by atoms with Gasteiger partial charge in [0.2, 0.25) is 0 Å². The molecular formula is C55H42Si. The van der Waals surface area contributed by atoms with Gasteiger partial charge >= 0.3 is 0 Å². The Hall–Kier alpha value is -6.80. The van der Waals surface area contributed by atoms with Crippen molar-refractivity contribution in [3.05, 3.63) is 237 Å². The van der Waals surface area contributed by atoms with E-state index in [9.17, 15) is 0 Å². The van der Waals surface area contributed by atoms with E-state index in [0.717, 1.165) is 0 Å². The quantitative estimate of drug-likeness (QED) is 0.102. The Morgan fingerprint density at radius 3 is 0.500 bits per heavy atom. The van der Waals surface area contributed by atoms with Gasteiger partial charge in [0.05, 0.1) is 0 Å². The zero-order chi connectivity index (χ0) is 37.7. The van der Waals surface area contributed by atoms with Crippen LogP contribution >= 0.6 is 0 Å². The molecule has 0 atom stereocenters. The molecule has 0 aliphatic heterocycles. The molecule has 0 aliphatic rings. The predicted molar refractivity (Wildman–Crippen MR) is 242 cm³/mol. The minimum absolute atomic E-state index is 1.23. The molecule has 0 N–H and O–H groups in total. The van der Waals surface area contributed by atoms with Crippen LogP contribution in [0.3, 0.4) is 0 Å². The van der Waals surface area contributed by atoms with Crippen LogP contribution in [0.5, 0.6) is 0 Å². The summed E-state index contributed by atoms with van der Waals surface area (Å²) in [5.74, 6) is 0. The molecule has 9 rings (SSSR count). The first-order chi connectivity index (χ1) is 27.6. The van der Waals surface area contributed by atoms with Gasteiger partial charge in [0, 0.05) is 0 Å². The van der Waals surface area contributed by atoms with Gasteiger partial charge in [0.25, 0.3) is 0 Å². The lowest BCUT2D eigenvalue weighted by atomic mass is 10.0. The van der Waals surface area contributed by atoms with Gasteiger partial charge < -0.3 is 0 Å². The minimum atomic E-state index is -2.41. The molecular weight excluding hydrogens is 689 g/mol. The van der Waals surface area contributed by atoms with E-state index in [0.29, 0.717) is 0 Å². The molecule has 0 heterocycles. The van der Waals surface area contributed by atoms with Crippen molar-refractivity contribution in [3.63, 3.8) is 0 Å². The Morgan fingerprint density at radius 2 is 0.321 bits per heavy atom. The summed E-state index contributed by atoms with van der Waals surface area (Å²) >= 11 is 0. The lowest BCUT2D eigenvalue weighted by molar-refractivity contribution is 1.58. The third-order valence-corrected chi connectivity index (χ3v) is 15.8. The molecule has 0 radical (unpaired) electrons. The van der Waals surface area contributed by atoms with Crippen LogP contribution in [0.4, 0.5) is 0 Å². The Labute approximate surface area is 332 Å². The maximum Gasteiger partial charge on any atom is 0.145 e. The molecule has 56 heavy (non-hydrogen) atoms. The van der Waals surface area contributed by atoms with E-state index in [1.807, 2.05) is 0 Å². The maximum atomic E-state index is 2.50. The summed E-state index contributed by atoms with van der Waals surface area (Å²) in [6, 6.07) is 86.6. The van der Waals surface area contributed by atoms with Crippen molar-refractivity contribution in [2.24, 2.45) is 0 Å². The van der Waals surface area contributed by atoms with Crippen LogP contribution in [-0.2, 0) is 0 Å². The smallest absolute Gasteiger partial charge is 0.0622 e. The molecule has 0 nitrogen and oxygen atoms in total. The summed E-state index contributed by atoms with van der Waals surface area (Å²) in [5, 5.41) is 4.17. The van der Waals surface area contributed by atoms with Crippen LogP contribution in [0.25, 0.3) is 66.8 Å². The fourth-order valence-corrected chi connectivity index (χ4v) is 11.4. The molecule has 1 heteroatoms. The summed E-state index contributed by atoms with van der Waals surface area (Å²) in [4.78, 5) is 0. The van der Waals surface area contributed by atoms with E-state index in [1.54, 1.807) is 0 Å². The second kappa shape index (κ2) is 15.5. The second-order valence-corrected chi connectivity index (χ2v) is 18.7. The number of rotatable bonds is 9. The third-order valence-electron chi connectivity index (χ3n) is 11.4. The average molecular weight is 731 g/mol. The SMILES string of the molecule is C[Si](c1ccc(-c2ccc(-c3ccccc3)cc2)cc1)(c1ccc(-c2ccc(-c3ccccc3)cc2)cc1)c1ccc(-c2ccc(-c3ccccc3)cc2)cc1. The summed E-state index contributed by atoms with van der Waals surface area (Å²) in [5.41, 5.74) is 14.8. The van der Waals surface area contributed by atoms with E-state index in [1.165, 1.54) is 82.3 Å². The zero-order valence-corrected chi connectivity index (χ0v) is 32.5. The number of hydrogen-bond acceptors (Lipinski definition) is 0. The van der Waals surface area contributed by atoms with Crippen LogP contribution in [-0.4, -0.2) is 8.07 Å². The van der Waals surface area contributed by atoms with Gasteiger partial charge in [0.1, 0.15) is 8.07 Å². The van der Waals surface area contributed by atoms with Gasteiger partial charge in [-0.15, -0.1) is 0 Å². The van der Waals surface area contributed by atoms with Crippen LogP contribution in [0, 0.1) is 0 Å². The van der Waals surface area contributed by atoms with Gasteiger partial charge in [0.15, 0.2) is 0 Å². The molecule has 0 bridgehead atoms. The van der Waals surface area contributed by atoms with Crippen molar-refractivity contribution < 1.29 is 0 Å². The van der Waals surface area contributed by atoms with Gasteiger partial charge in [-0.2, -0.15) is 0 Å². The highest BCUT2D eigenvalue weighted by Gasteiger charge is 2.34. The molecule has 0 saturated heterocycles. The highest BCUT2D eigenvalue weighted by molar-refractivity contribution is 7.10. The topological polar surface area (TPSA) is 0 Å². The monoisotopic (exact) mass is 730 g/mol. The van der Waals surface area contributed by atoms with E-state index >= 15 is 0 Å². The van der Waals surface area contributed by atoms with E-state index in [2.05, 4.69) is 243 Å². The summed E-state index contributed by atoms with van der Waals surface area (Å²) in [7, 11) is -2.41. The molecule has 0 fully saturated rings. The highest BCUT2D eigenvalue weighted by Crippen LogP contribution is 2.28. The second-order valence-electron chi connectivity index (χ2n) is 14.7. The molecule has 9 aromatic rings. The molecule has 0 amide bonds. The molecule has 0 saturated carbocycles. The fourth-order valence-electron chi connectivity index (χ4n) is 7.95. The lowest BCUT2D eigenvalue weighted by Crippen LogP contribution is -2.64. The lowest BCUT2D eigenvalue weighted by Gasteiger charge is -2.30. The third kappa shape index (κ3) is 7.09. The van der Waals surface area contributed by atoms with Crippen LogP contribution in [0.15, 0.2) is 237 Å². The van der Waals surface area contributed by atoms with Crippen molar-refractivity contribution in [2.75, 3.05) is 0 Å². The first kappa shape index (κ1) is 34.9. The molecule has 0 unspecified atom stereocenters. The Balaban J connectivity index is 1.04. The van der Waals surface area contributed by atoms with E-state index in [-0.39, 0.29) is 0 Å². The van der Waals surface area contributed by atoms with E-state index in [4.69, 9.17) is 0 Å². The van der Waals surface area contributed by atoms with Crippen molar-refractivity contribution in [2.45, 2.75) is 6.55 Å². The first-order valence-corrected chi connectivity index (χ1v) is 21.9. The van der Waals surface area contributed by atoms with E-state index < -0.39 is 8.07 Å². The van der Waals surface area contributed by atoms with Gasteiger partial charge in [-0.05, 0) is 82.3 Å². The number of benzene rings is 9. The molecule has 9 aromatic carbocycles. The summed E-state index contributed by atoms with van der Waals surface area (Å²) in [6.45, 7) is 2.50. The largest absolute Gasteiger partial charge is 0.145 e. The van der Waals surface area contributed by atoms with Gasteiger partial charge in [-0.1, -0.05) is 243 Å². The standard InChI is InChI=1S/C55H42Si/c1-56(53-35-29-50(30-36-53)47-23-17-44(18-24-47)41-11-5-2-6-12-41,54-37-31-51(32-38-54)48-25-19-45(20-26-48)42-13-7-3-8-14-42)55-39-33-52(34-40-55)49-27-21-46(22-28-49)43-15-9-4-10-16-43/h2-40H,1H3. The first-order valence-electron chi connectivity index (χ1n) is 19.4. The minimum Gasteiger partial charge on any atom is -0.0622 e. The Morgan fingerprint density at radius 1 is 0.179 bits per heavy atom. The maximum absolute atomic E-state index is 2.50. The Kier molecular flexibility index (Phi) is 9.68. The van der Waals surface area contributed by atoms with Crippen molar-refractivity contribution in [1.82, 2.24) is 0 Å². The van der Waals surface area contributed by atoms with Crippen molar-refractivity contribution in [3.8, 4) is 66.8 Å². The molecule has 266 valence electrons. The van der Waals surface area contributed by atoms with Gasteiger partial charge in [-0.25, -0.2) is 0 Å². The van der Waals surface area contributed by atoms with Crippen LogP contribution in [0.2, 0.25) is 6.55 Å². The normalized spacial score (nSPS) is 11.3. The van der Waals surface area contributed by atoms with Crippen molar-refractivity contribution >= 4 is 23.6 Å². The Bertz CT molecular complexity index is 2340. The molecule has 0 aliphatic carbocycles. The highest BCUT2D eigenvalue weighted by atomic mass is 28.3. The zero-order valence-electron chi connectivity index (χ0n) is 31.5. The fraction of sp³-hybridized carbons (Fsp3) is 0.0182. The number of hydrogen-bond donors (Lipinski definition) is 0. The average Bonchev–Trinajstić information content (AvgIpc) is 3.30. The molecule has 0 spiro atoms. The molecule has 0 aromatic heterocycles. The predicted octanol–water partition coefficient (Wildman–Crippen LogP) is 12.8. The van der Waals surface area contributed by atoms with Crippen molar-refractivity contribution in [1.29, 1.82) is 0 Å².